The Hall–Kier alpha value is -1.85. The van der Waals surface area contributed by atoms with Crippen LogP contribution in [0.4, 0.5) is 0 Å². The van der Waals surface area contributed by atoms with E-state index in [4.69, 9.17) is 32.4 Å². The summed E-state index contributed by atoms with van der Waals surface area (Å²) in [5.41, 5.74) is 2.18. The summed E-state index contributed by atoms with van der Waals surface area (Å²) in [7, 11) is 0. The lowest BCUT2D eigenvalue weighted by Gasteiger charge is -2.26. The van der Waals surface area contributed by atoms with Crippen LogP contribution in [-0.2, 0) is 11.3 Å². The zero-order valence-electron chi connectivity index (χ0n) is 14.0. The summed E-state index contributed by atoms with van der Waals surface area (Å²) in [5.74, 6) is 0.518. The number of nitrogens with zero attached hydrogens (tertiary/aromatic N) is 1. The summed E-state index contributed by atoms with van der Waals surface area (Å²) in [6, 6.07) is 12.3. The molecule has 0 aliphatic carbocycles. The van der Waals surface area contributed by atoms with E-state index in [1.165, 1.54) is 6.07 Å². The molecule has 1 aliphatic heterocycles. The minimum Gasteiger partial charge on any atom is -0.455 e. The summed E-state index contributed by atoms with van der Waals surface area (Å²) in [4.78, 5) is 14.9. The second kappa shape index (κ2) is 7.41. The first-order valence-electron chi connectivity index (χ1n) is 8.42. The van der Waals surface area contributed by atoms with Gasteiger partial charge < -0.3 is 9.15 Å². The van der Waals surface area contributed by atoms with Crippen molar-refractivity contribution in [3.63, 3.8) is 0 Å². The molecule has 0 saturated carbocycles. The van der Waals surface area contributed by atoms with Gasteiger partial charge in [0.25, 0.3) is 0 Å². The van der Waals surface area contributed by atoms with E-state index in [0.717, 1.165) is 24.2 Å². The minimum absolute atomic E-state index is 0.109. The Morgan fingerprint density at radius 1 is 0.962 bits per heavy atom. The third-order valence-corrected chi connectivity index (χ3v) is 4.97. The van der Waals surface area contributed by atoms with Crippen molar-refractivity contribution in [1.29, 1.82) is 0 Å². The molecular weight excluding hydrogens is 373 g/mol. The van der Waals surface area contributed by atoms with Crippen LogP contribution >= 0.6 is 23.2 Å². The molecule has 0 radical (unpaired) electrons. The first-order chi connectivity index (χ1) is 12.6. The molecule has 0 bridgehead atoms. The van der Waals surface area contributed by atoms with Crippen molar-refractivity contribution in [1.82, 2.24) is 4.90 Å². The highest BCUT2D eigenvalue weighted by Gasteiger charge is 2.16. The zero-order chi connectivity index (χ0) is 18.1. The Morgan fingerprint density at radius 2 is 1.69 bits per heavy atom. The fourth-order valence-electron chi connectivity index (χ4n) is 3.16. The van der Waals surface area contributed by atoms with Gasteiger partial charge >= 0.3 is 0 Å². The highest BCUT2D eigenvalue weighted by atomic mass is 35.5. The number of morpholine rings is 1. The van der Waals surface area contributed by atoms with Crippen molar-refractivity contribution in [3.8, 4) is 11.3 Å². The molecule has 0 amide bonds. The molecular formula is C20H17Cl2NO3. The molecule has 1 aromatic heterocycles. The zero-order valence-corrected chi connectivity index (χ0v) is 15.5. The summed E-state index contributed by atoms with van der Waals surface area (Å²) in [6.45, 7) is 3.76. The number of hydrogen-bond acceptors (Lipinski definition) is 4. The minimum atomic E-state index is -0.109. The number of rotatable bonds is 3. The molecule has 0 N–H and O–H groups in total. The van der Waals surface area contributed by atoms with Crippen molar-refractivity contribution in [2.24, 2.45) is 0 Å². The van der Waals surface area contributed by atoms with Crippen LogP contribution in [0.3, 0.4) is 0 Å². The second-order valence-corrected chi connectivity index (χ2v) is 7.18. The van der Waals surface area contributed by atoms with Gasteiger partial charge in [-0.2, -0.15) is 0 Å². The third kappa shape index (κ3) is 3.64. The molecule has 26 heavy (non-hydrogen) atoms. The van der Waals surface area contributed by atoms with E-state index in [1.54, 1.807) is 18.2 Å². The Morgan fingerprint density at radius 3 is 2.42 bits per heavy atom. The molecule has 4 rings (SSSR count). The van der Waals surface area contributed by atoms with Crippen LogP contribution < -0.4 is 5.43 Å². The van der Waals surface area contributed by atoms with Gasteiger partial charge in [0.05, 0.1) is 18.6 Å². The molecule has 0 atom stereocenters. The summed E-state index contributed by atoms with van der Waals surface area (Å²) < 4.78 is 11.5. The van der Waals surface area contributed by atoms with Gasteiger partial charge in [-0.15, -0.1) is 0 Å². The monoisotopic (exact) mass is 389 g/mol. The van der Waals surface area contributed by atoms with E-state index in [2.05, 4.69) is 4.90 Å². The van der Waals surface area contributed by atoms with E-state index >= 15 is 0 Å². The molecule has 134 valence electrons. The van der Waals surface area contributed by atoms with Crippen LogP contribution in [-0.4, -0.2) is 31.2 Å². The van der Waals surface area contributed by atoms with Crippen LogP contribution in [0.25, 0.3) is 22.3 Å². The van der Waals surface area contributed by atoms with E-state index in [-0.39, 0.29) is 5.43 Å². The Kier molecular flexibility index (Phi) is 5.00. The molecule has 6 heteroatoms. The molecule has 2 aromatic carbocycles. The summed E-state index contributed by atoms with van der Waals surface area (Å²) >= 11 is 12.2. The fraction of sp³-hybridized carbons (Fsp3) is 0.250. The number of benzene rings is 2. The van der Waals surface area contributed by atoms with E-state index in [9.17, 15) is 4.79 Å². The highest BCUT2D eigenvalue weighted by molar-refractivity contribution is 6.31. The van der Waals surface area contributed by atoms with Gasteiger partial charge in [0.1, 0.15) is 11.3 Å². The van der Waals surface area contributed by atoms with Crippen LogP contribution in [0, 0.1) is 0 Å². The second-order valence-electron chi connectivity index (χ2n) is 6.31. The highest BCUT2D eigenvalue weighted by Crippen LogP contribution is 2.28. The lowest BCUT2D eigenvalue weighted by atomic mass is 10.1. The van der Waals surface area contributed by atoms with Crippen LogP contribution in [0.1, 0.15) is 5.56 Å². The number of halogens is 2. The topological polar surface area (TPSA) is 42.7 Å². The van der Waals surface area contributed by atoms with Crippen molar-refractivity contribution >= 4 is 34.2 Å². The summed E-state index contributed by atoms with van der Waals surface area (Å²) in [6.07, 6.45) is 0. The number of fused-ring (bicyclic) bond motifs is 1. The van der Waals surface area contributed by atoms with Gasteiger partial charge in [0, 0.05) is 46.9 Å². The fourth-order valence-corrected chi connectivity index (χ4v) is 3.53. The van der Waals surface area contributed by atoms with Gasteiger partial charge in [-0.05, 0) is 36.4 Å². The first kappa shape index (κ1) is 17.6. The van der Waals surface area contributed by atoms with E-state index < -0.39 is 0 Å². The van der Waals surface area contributed by atoms with Crippen LogP contribution in [0.2, 0.25) is 10.0 Å². The van der Waals surface area contributed by atoms with Gasteiger partial charge in [0.15, 0.2) is 5.43 Å². The van der Waals surface area contributed by atoms with Crippen LogP contribution in [0.15, 0.2) is 51.7 Å². The Labute approximate surface area is 160 Å². The summed E-state index contributed by atoms with van der Waals surface area (Å²) in [5, 5.41) is 1.67. The van der Waals surface area contributed by atoms with Crippen molar-refractivity contribution in [2.45, 2.75) is 6.54 Å². The van der Waals surface area contributed by atoms with Crippen LogP contribution in [0.5, 0.6) is 0 Å². The largest absolute Gasteiger partial charge is 0.455 e. The smallest absolute Gasteiger partial charge is 0.193 e. The maximum atomic E-state index is 12.7. The molecule has 1 saturated heterocycles. The molecule has 3 aromatic rings. The normalized spacial score (nSPS) is 15.5. The average molecular weight is 390 g/mol. The van der Waals surface area contributed by atoms with Gasteiger partial charge in [-0.25, -0.2) is 0 Å². The lowest BCUT2D eigenvalue weighted by molar-refractivity contribution is 0.0342. The van der Waals surface area contributed by atoms with E-state index in [1.807, 2.05) is 18.2 Å². The van der Waals surface area contributed by atoms with Gasteiger partial charge in [-0.1, -0.05) is 23.2 Å². The number of ether oxygens (including phenoxy) is 1. The molecule has 1 fully saturated rings. The predicted molar refractivity (Wildman–Crippen MR) is 104 cm³/mol. The van der Waals surface area contributed by atoms with Crippen molar-refractivity contribution in [2.75, 3.05) is 26.3 Å². The SMILES string of the molecule is O=c1cc(-c2ccc(Cl)cc2)oc2c(CN3CCOCC3)cc(Cl)cc12. The lowest BCUT2D eigenvalue weighted by Crippen LogP contribution is -2.35. The van der Waals surface area contributed by atoms with Gasteiger partial charge in [-0.3, -0.25) is 9.69 Å². The van der Waals surface area contributed by atoms with E-state index in [0.29, 0.717) is 46.5 Å². The van der Waals surface area contributed by atoms with Crippen molar-refractivity contribution < 1.29 is 9.15 Å². The molecule has 0 unspecified atom stereocenters. The Bertz CT molecular complexity index is 992. The standard InChI is InChI=1S/C20H17Cl2NO3/c21-15-3-1-13(2-4-15)19-11-18(24)17-10-16(22)9-14(20(17)26-19)12-23-5-7-25-8-6-23/h1-4,9-11H,5-8,12H2. The molecule has 1 aliphatic rings. The maximum Gasteiger partial charge on any atom is 0.193 e. The molecule has 4 nitrogen and oxygen atoms in total. The first-order valence-corrected chi connectivity index (χ1v) is 9.18. The predicted octanol–water partition coefficient (Wildman–Crippen LogP) is 4.60. The maximum absolute atomic E-state index is 12.7. The number of hydrogen-bond donors (Lipinski definition) is 0. The Balaban J connectivity index is 1.82. The molecule has 0 spiro atoms. The quantitative estimate of drug-likeness (QED) is 0.656. The van der Waals surface area contributed by atoms with Crippen molar-refractivity contribution in [3.05, 3.63) is 68.3 Å². The molecule has 2 heterocycles. The third-order valence-electron chi connectivity index (χ3n) is 4.50. The average Bonchev–Trinajstić information content (AvgIpc) is 2.64. The van der Waals surface area contributed by atoms with Gasteiger partial charge in [0.2, 0.25) is 0 Å².